The fourth-order valence-corrected chi connectivity index (χ4v) is 1.98. The zero-order valence-electron chi connectivity index (χ0n) is 11.9. The molecule has 0 aliphatic rings. The molecule has 2 N–H and O–H groups in total. The molecule has 0 radical (unpaired) electrons. The second kappa shape index (κ2) is 6.02. The third-order valence-corrected chi connectivity index (χ3v) is 3.30. The highest BCUT2D eigenvalue weighted by molar-refractivity contribution is 5.56. The molecule has 0 saturated carbocycles. The number of hydrogen-bond donors (Lipinski definition) is 1. The van der Waals surface area contributed by atoms with Crippen molar-refractivity contribution < 1.29 is 4.42 Å². The maximum atomic E-state index is 6.04. The van der Waals surface area contributed by atoms with Gasteiger partial charge in [-0.05, 0) is 17.9 Å². The summed E-state index contributed by atoms with van der Waals surface area (Å²) in [7, 11) is 0. The molecular formula is C16H22N2O. The molecule has 0 bridgehead atoms. The van der Waals surface area contributed by atoms with Crippen molar-refractivity contribution in [2.75, 3.05) is 0 Å². The summed E-state index contributed by atoms with van der Waals surface area (Å²) in [5.74, 6) is 1.72. The summed E-state index contributed by atoms with van der Waals surface area (Å²) in [6.07, 6.45) is 4.03. The van der Waals surface area contributed by atoms with E-state index in [1.165, 1.54) is 5.56 Å². The molecule has 2 aromatic rings. The lowest BCUT2D eigenvalue weighted by Crippen LogP contribution is -2.16. The zero-order chi connectivity index (χ0) is 13.8. The molecule has 0 aliphatic carbocycles. The molecule has 0 aliphatic heterocycles. The Labute approximate surface area is 114 Å². The molecule has 1 aromatic heterocycles. The summed E-state index contributed by atoms with van der Waals surface area (Å²) in [5.41, 5.74) is 8.44. The quantitative estimate of drug-likeness (QED) is 0.883. The van der Waals surface area contributed by atoms with Gasteiger partial charge in [0.25, 0.3) is 0 Å². The SMILES string of the molecule is CCCc1ccc(-c2cnc(C(N)C(C)C)o2)cc1. The van der Waals surface area contributed by atoms with Gasteiger partial charge in [0.2, 0.25) is 5.89 Å². The van der Waals surface area contributed by atoms with Crippen LogP contribution < -0.4 is 5.73 Å². The Morgan fingerprint density at radius 1 is 1.21 bits per heavy atom. The minimum atomic E-state index is -0.145. The molecule has 1 unspecified atom stereocenters. The van der Waals surface area contributed by atoms with Crippen LogP contribution in [0.4, 0.5) is 0 Å². The van der Waals surface area contributed by atoms with E-state index in [1.807, 2.05) is 0 Å². The van der Waals surface area contributed by atoms with Crippen molar-refractivity contribution in [1.82, 2.24) is 4.98 Å². The number of benzene rings is 1. The molecule has 3 nitrogen and oxygen atoms in total. The standard InChI is InChI=1S/C16H22N2O/c1-4-5-12-6-8-13(9-7-12)14-10-18-16(19-14)15(17)11(2)3/h6-11,15H,4-5,17H2,1-3H3. The van der Waals surface area contributed by atoms with E-state index >= 15 is 0 Å². The minimum absolute atomic E-state index is 0.145. The first-order chi connectivity index (χ1) is 9.11. The summed E-state index contributed by atoms with van der Waals surface area (Å²) in [6.45, 7) is 6.31. The number of rotatable bonds is 5. The number of hydrogen-bond acceptors (Lipinski definition) is 3. The highest BCUT2D eigenvalue weighted by Crippen LogP contribution is 2.25. The summed E-state index contributed by atoms with van der Waals surface area (Å²) < 4.78 is 5.76. The van der Waals surface area contributed by atoms with Crippen LogP contribution in [-0.2, 0) is 6.42 Å². The highest BCUT2D eigenvalue weighted by atomic mass is 16.4. The average Bonchev–Trinajstić information content (AvgIpc) is 2.88. The second-order valence-electron chi connectivity index (χ2n) is 5.28. The third kappa shape index (κ3) is 3.24. The van der Waals surface area contributed by atoms with Crippen molar-refractivity contribution in [2.45, 2.75) is 39.7 Å². The largest absolute Gasteiger partial charge is 0.439 e. The predicted octanol–water partition coefficient (Wildman–Crippen LogP) is 3.95. The molecule has 19 heavy (non-hydrogen) atoms. The predicted molar refractivity (Wildman–Crippen MR) is 77.7 cm³/mol. The van der Waals surface area contributed by atoms with Gasteiger partial charge < -0.3 is 10.2 Å². The molecular weight excluding hydrogens is 236 g/mol. The van der Waals surface area contributed by atoms with Gasteiger partial charge in [-0.15, -0.1) is 0 Å². The maximum Gasteiger partial charge on any atom is 0.212 e. The van der Waals surface area contributed by atoms with Crippen molar-refractivity contribution >= 4 is 0 Å². The van der Waals surface area contributed by atoms with Crippen LogP contribution in [0.15, 0.2) is 34.9 Å². The van der Waals surface area contributed by atoms with E-state index in [2.05, 4.69) is 50.0 Å². The molecule has 0 amide bonds. The van der Waals surface area contributed by atoms with Crippen LogP contribution in [0, 0.1) is 5.92 Å². The molecule has 1 heterocycles. The first-order valence-electron chi connectivity index (χ1n) is 6.92. The fraction of sp³-hybridized carbons (Fsp3) is 0.438. The van der Waals surface area contributed by atoms with Crippen molar-refractivity contribution in [3.05, 3.63) is 41.9 Å². The van der Waals surface area contributed by atoms with Crippen LogP contribution in [0.2, 0.25) is 0 Å². The molecule has 1 aromatic carbocycles. The van der Waals surface area contributed by atoms with Crippen LogP contribution in [0.3, 0.4) is 0 Å². The normalized spacial score (nSPS) is 12.9. The van der Waals surface area contributed by atoms with Crippen molar-refractivity contribution in [3.63, 3.8) is 0 Å². The molecule has 0 fully saturated rings. The lowest BCUT2D eigenvalue weighted by molar-refractivity contribution is 0.394. The molecule has 3 heteroatoms. The molecule has 102 valence electrons. The molecule has 0 spiro atoms. The fourth-order valence-electron chi connectivity index (χ4n) is 1.98. The lowest BCUT2D eigenvalue weighted by Gasteiger charge is -2.10. The zero-order valence-corrected chi connectivity index (χ0v) is 11.9. The van der Waals surface area contributed by atoms with E-state index in [9.17, 15) is 0 Å². The van der Waals surface area contributed by atoms with Gasteiger partial charge in [-0.2, -0.15) is 0 Å². The first kappa shape index (κ1) is 13.8. The number of nitrogens with two attached hydrogens (primary N) is 1. The van der Waals surface area contributed by atoms with Gasteiger partial charge >= 0.3 is 0 Å². The van der Waals surface area contributed by atoms with Gasteiger partial charge in [0.1, 0.15) is 0 Å². The number of nitrogens with zero attached hydrogens (tertiary/aromatic N) is 1. The number of aryl methyl sites for hydroxylation is 1. The van der Waals surface area contributed by atoms with Crippen molar-refractivity contribution in [1.29, 1.82) is 0 Å². The summed E-state index contributed by atoms with van der Waals surface area (Å²) in [5, 5.41) is 0. The molecule has 1 atom stereocenters. The van der Waals surface area contributed by atoms with Crippen LogP contribution in [0.25, 0.3) is 11.3 Å². The van der Waals surface area contributed by atoms with E-state index in [0.29, 0.717) is 11.8 Å². The number of oxazole rings is 1. The van der Waals surface area contributed by atoms with Crippen LogP contribution >= 0.6 is 0 Å². The Kier molecular flexibility index (Phi) is 4.38. The Morgan fingerprint density at radius 3 is 2.47 bits per heavy atom. The summed E-state index contributed by atoms with van der Waals surface area (Å²) >= 11 is 0. The Balaban J connectivity index is 2.18. The first-order valence-corrected chi connectivity index (χ1v) is 6.92. The van der Waals surface area contributed by atoms with Crippen LogP contribution in [0.5, 0.6) is 0 Å². The van der Waals surface area contributed by atoms with Gasteiger partial charge in [-0.1, -0.05) is 51.5 Å². The second-order valence-corrected chi connectivity index (χ2v) is 5.28. The van der Waals surface area contributed by atoms with E-state index in [0.717, 1.165) is 24.2 Å². The van der Waals surface area contributed by atoms with Gasteiger partial charge in [-0.25, -0.2) is 4.98 Å². The third-order valence-electron chi connectivity index (χ3n) is 3.30. The number of aromatic nitrogens is 1. The smallest absolute Gasteiger partial charge is 0.212 e. The van der Waals surface area contributed by atoms with Crippen molar-refractivity contribution in [3.8, 4) is 11.3 Å². The van der Waals surface area contributed by atoms with E-state index in [-0.39, 0.29) is 6.04 Å². The van der Waals surface area contributed by atoms with Crippen LogP contribution in [-0.4, -0.2) is 4.98 Å². The lowest BCUT2D eigenvalue weighted by atomic mass is 10.1. The maximum absolute atomic E-state index is 6.04. The van der Waals surface area contributed by atoms with E-state index < -0.39 is 0 Å². The summed E-state index contributed by atoms with van der Waals surface area (Å²) in [6, 6.07) is 8.30. The topological polar surface area (TPSA) is 52.0 Å². The van der Waals surface area contributed by atoms with Gasteiger partial charge in [-0.3, -0.25) is 0 Å². The highest BCUT2D eigenvalue weighted by Gasteiger charge is 2.16. The average molecular weight is 258 g/mol. The minimum Gasteiger partial charge on any atom is -0.439 e. The van der Waals surface area contributed by atoms with Crippen molar-refractivity contribution in [2.24, 2.45) is 11.7 Å². The molecule has 2 rings (SSSR count). The van der Waals surface area contributed by atoms with Gasteiger partial charge in [0.15, 0.2) is 5.76 Å². The van der Waals surface area contributed by atoms with E-state index in [4.69, 9.17) is 10.2 Å². The van der Waals surface area contributed by atoms with E-state index in [1.54, 1.807) is 6.20 Å². The summed E-state index contributed by atoms with van der Waals surface area (Å²) in [4.78, 5) is 4.28. The Hall–Kier alpha value is -1.61. The monoisotopic (exact) mass is 258 g/mol. The molecule has 0 saturated heterocycles. The van der Waals surface area contributed by atoms with Gasteiger partial charge in [0.05, 0.1) is 12.2 Å². The van der Waals surface area contributed by atoms with Crippen LogP contribution in [0.1, 0.15) is 44.7 Å². The Bertz CT molecular complexity index is 514. The Morgan fingerprint density at radius 2 is 1.89 bits per heavy atom. The van der Waals surface area contributed by atoms with Gasteiger partial charge in [0, 0.05) is 5.56 Å².